The molecule has 0 radical (unpaired) electrons. The summed E-state index contributed by atoms with van der Waals surface area (Å²) >= 11 is 1.41. The van der Waals surface area contributed by atoms with E-state index in [4.69, 9.17) is 4.74 Å². The fourth-order valence-electron chi connectivity index (χ4n) is 2.39. The molecule has 0 bridgehead atoms. The lowest BCUT2D eigenvalue weighted by atomic mass is 9.97. The highest BCUT2D eigenvalue weighted by Crippen LogP contribution is 2.25. The van der Waals surface area contributed by atoms with E-state index in [1.165, 1.54) is 11.5 Å². The van der Waals surface area contributed by atoms with E-state index in [0.29, 0.717) is 6.61 Å². The van der Waals surface area contributed by atoms with Crippen LogP contribution in [0, 0.1) is 5.92 Å². The Bertz CT molecular complexity index is 449. The molecule has 1 saturated heterocycles. The van der Waals surface area contributed by atoms with Gasteiger partial charge in [-0.25, -0.2) is 4.98 Å². The number of amides is 1. The van der Waals surface area contributed by atoms with Crippen molar-refractivity contribution in [1.82, 2.24) is 14.3 Å². The molecule has 0 aromatic carbocycles. The highest BCUT2D eigenvalue weighted by Gasteiger charge is 2.28. The number of hydrogen-bond donors (Lipinski definition) is 0. The van der Waals surface area contributed by atoms with E-state index in [9.17, 15) is 4.79 Å². The van der Waals surface area contributed by atoms with Gasteiger partial charge < -0.3 is 14.5 Å². The van der Waals surface area contributed by atoms with Gasteiger partial charge >= 0.3 is 0 Å². The molecule has 1 amide bonds. The summed E-state index contributed by atoms with van der Waals surface area (Å²) in [5, 5.41) is 0.923. The van der Waals surface area contributed by atoms with Crippen molar-refractivity contribution in [3.05, 3.63) is 5.82 Å². The number of carbonyl (C=O) groups is 1. The number of ether oxygens (including phenoxy) is 1. The van der Waals surface area contributed by atoms with Gasteiger partial charge in [-0.05, 0) is 12.8 Å². The Morgan fingerprint density at radius 1 is 1.55 bits per heavy atom. The molecular formula is C13H22N4O2S. The van der Waals surface area contributed by atoms with Crippen molar-refractivity contribution in [1.29, 1.82) is 0 Å². The Kier molecular flexibility index (Phi) is 5.31. The van der Waals surface area contributed by atoms with Gasteiger partial charge in [-0.3, -0.25) is 4.79 Å². The highest BCUT2D eigenvalue weighted by molar-refractivity contribution is 7.09. The molecule has 0 spiro atoms. The fraction of sp³-hybridized carbons (Fsp3) is 0.769. The molecule has 1 fully saturated rings. The average Bonchev–Trinajstić information content (AvgIpc) is 2.93. The second-order valence-electron chi connectivity index (χ2n) is 5.25. The molecular weight excluding hydrogens is 276 g/mol. The summed E-state index contributed by atoms with van der Waals surface area (Å²) < 4.78 is 9.38. The predicted molar refractivity (Wildman–Crippen MR) is 79.1 cm³/mol. The zero-order valence-corrected chi connectivity index (χ0v) is 13.2. The first-order chi connectivity index (χ1) is 9.61. The Morgan fingerprint density at radius 2 is 2.35 bits per heavy atom. The number of methoxy groups -OCH3 is 1. The molecule has 1 aromatic heterocycles. The first-order valence-electron chi connectivity index (χ1n) is 6.89. The fourth-order valence-corrected chi connectivity index (χ4v) is 3.13. The normalized spacial score (nSPS) is 19.1. The predicted octanol–water partition coefficient (Wildman–Crippen LogP) is 1.03. The van der Waals surface area contributed by atoms with Crippen molar-refractivity contribution in [2.45, 2.75) is 19.3 Å². The van der Waals surface area contributed by atoms with Gasteiger partial charge in [0.15, 0.2) is 0 Å². The Balaban J connectivity index is 1.98. The minimum Gasteiger partial charge on any atom is -0.384 e. The molecule has 112 valence electrons. The topological polar surface area (TPSA) is 58.6 Å². The van der Waals surface area contributed by atoms with Crippen LogP contribution in [-0.2, 0) is 16.0 Å². The summed E-state index contributed by atoms with van der Waals surface area (Å²) in [5.74, 6) is 1.11. The van der Waals surface area contributed by atoms with Crippen molar-refractivity contribution < 1.29 is 9.53 Å². The van der Waals surface area contributed by atoms with Crippen LogP contribution in [0.4, 0.5) is 5.13 Å². The van der Waals surface area contributed by atoms with Gasteiger partial charge in [0.1, 0.15) is 5.82 Å². The van der Waals surface area contributed by atoms with Gasteiger partial charge in [0.2, 0.25) is 11.0 Å². The monoisotopic (exact) mass is 298 g/mol. The number of rotatable bonds is 5. The number of carbonyl (C=O) groups excluding carboxylic acids is 1. The smallest absolute Gasteiger partial charge is 0.226 e. The molecule has 0 N–H and O–H groups in total. The van der Waals surface area contributed by atoms with E-state index in [-0.39, 0.29) is 11.8 Å². The lowest BCUT2D eigenvalue weighted by Gasteiger charge is -2.32. The number of hydrogen-bond acceptors (Lipinski definition) is 6. The van der Waals surface area contributed by atoms with Crippen molar-refractivity contribution in [3.63, 3.8) is 0 Å². The average molecular weight is 298 g/mol. The Hall–Kier alpha value is -1.21. The van der Waals surface area contributed by atoms with Gasteiger partial charge in [0.05, 0.1) is 12.5 Å². The summed E-state index contributed by atoms with van der Waals surface area (Å²) in [6, 6.07) is 0. The zero-order chi connectivity index (χ0) is 14.5. The van der Waals surface area contributed by atoms with Gasteiger partial charge in [-0.2, -0.15) is 4.37 Å². The van der Waals surface area contributed by atoms with Gasteiger partial charge in [0.25, 0.3) is 0 Å². The van der Waals surface area contributed by atoms with Crippen molar-refractivity contribution >= 4 is 22.6 Å². The van der Waals surface area contributed by atoms with Crippen molar-refractivity contribution in [2.24, 2.45) is 5.92 Å². The maximum atomic E-state index is 12.1. The maximum absolute atomic E-state index is 12.1. The molecule has 1 aliphatic heterocycles. The molecule has 20 heavy (non-hydrogen) atoms. The molecule has 1 aromatic rings. The molecule has 6 nitrogen and oxygen atoms in total. The van der Waals surface area contributed by atoms with E-state index < -0.39 is 0 Å². The van der Waals surface area contributed by atoms with Crippen LogP contribution in [0.15, 0.2) is 0 Å². The van der Waals surface area contributed by atoms with E-state index in [1.807, 2.05) is 14.1 Å². The van der Waals surface area contributed by atoms with E-state index >= 15 is 0 Å². The summed E-state index contributed by atoms with van der Waals surface area (Å²) in [7, 11) is 5.31. The summed E-state index contributed by atoms with van der Waals surface area (Å²) in [6.07, 6.45) is 2.72. The zero-order valence-electron chi connectivity index (χ0n) is 12.3. The highest BCUT2D eigenvalue weighted by atomic mass is 32.1. The molecule has 1 unspecified atom stereocenters. The number of anilines is 1. The molecule has 0 saturated carbocycles. The van der Waals surface area contributed by atoms with Crippen LogP contribution in [0.3, 0.4) is 0 Å². The van der Waals surface area contributed by atoms with Crippen LogP contribution in [0.1, 0.15) is 18.7 Å². The van der Waals surface area contributed by atoms with Crippen LogP contribution >= 0.6 is 11.5 Å². The van der Waals surface area contributed by atoms with Crippen LogP contribution < -0.4 is 4.90 Å². The second-order valence-corrected chi connectivity index (χ2v) is 5.98. The lowest BCUT2D eigenvalue weighted by Crippen LogP contribution is -2.42. The number of aromatic nitrogens is 2. The van der Waals surface area contributed by atoms with Crippen LogP contribution in [-0.4, -0.2) is 61.1 Å². The number of piperidine rings is 1. The standard InChI is InChI=1S/C13H22N4O2S/c1-16(2)12(18)10-5-4-7-17(9-10)13-14-11(15-20-13)6-8-19-3/h10H,4-9H2,1-3H3. The molecule has 7 heteroatoms. The third-order valence-corrected chi connectivity index (χ3v) is 4.28. The van der Waals surface area contributed by atoms with Gasteiger partial charge in [0, 0.05) is 52.2 Å². The van der Waals surface area contributed by atoms with Crippen LogP contribution in [0.25, 0.3) is 0 Å². The third kappa shape index (κ3) is 3.67. The molecule has 2 heterocycles. The molecule has 2 rings (SSSR count). The van der Waals surface area contributed by atoms with Crippen LogP contribution in [0.5, 0.6) is 0 Å². The van der Waals surface area contributed by atoms with Crippen LogP contribution in [0.2, 0.25) is 0 Å². The second kappa shape index (κ2) is 6.99. The maximum Gasteiger partial charge on any atom is 0.226 e. The molecule has 1 aliphatic rings. The third-order valence-electron chi connectivity index (χ3n) is 3.47. The quantitative estimate of drug-likeness (QED) is 0.812. The van der Waals surface area contributed by atoms with Gasteiger partial charge in [-0.1, -0.05) is 0 Å². The van der Waals surface area contributed by atoms with E-state index in [1.54, 1.807) is 12.0 Å². The largest absolute Gasteiger partial charge is 0.384 e. The van der Waals surface area contributed by atoms with Gasteiger partial charge in [-0.15, -0.1) is 0 Å². The first-order valence-corrected chi connectivity index (χ1v) is 7.66. The summed E-state index contributed by atoms with van der Waals surface area (Å²) in [6.45, 7) is 2.34. The lowest BCUT2D eigenvalue weighted by molar-refractivity contribution is -0.133. The SMILES string of the molecule is COCCc1nsc(N2CCCC(C(=O)N(C)C)C2)n1. The minimum atomic E-state index is 0.0741. The van der Waals surface area contributed by atoms with Crippen molar-refractivity contribution in [2.75, 3.05) is 45.8 Å². The van der Waals surface area contributed by atoms with Crippen molar-refractivity contribution in [3.8, 4) is 0 Å². The summed E-state index contributed by atoms with van der Waals surface area (Å²) in [5.41, 5.74) is 0. The first kappa shape index (κ1) is 15.2. The van der Waals surface area contributed by atoms with E-state index in [2.05, 4.69) is 14.3 Å². The Labute approximate surface area is 123 Å². The number of nitrogens with zero attached hydrogens (tertiary/aromatic N) is 4. The molecule has 0 aliphatic carbocycles. The minimum absolute atomic E-state index is 0.0741. The Morgan fingerprint density at radius 3 is 3.05 bits per heavy atom. The summed E-state index contributed by atoms with van der Waals surface area (Å²) in [4.78, 5) is 20.5. The van der Waals surface area contributed by atoms with E-state index in [0.717, 1.165) is 43.3 Å². The molecule has 1 atom stereocenters.